The summed E-state index contributed by atoms with van der Waals surface area (Å²) in [6.07, 6.45) is 0.899. The molecule has 2 aliphatic heterocycles. The van der Waals surface area contributed by atoms with E-state index in [0.717, 1.165) is 17.7 Å². The molecule has 1 unspecified atom stereocenters. The highest BCUT2D eigenvalue weighted by Crippen LogP contribution is 2.33. The fourth-order valence-corrected chi connectivity index (χ4v) is 2.38. The normalized spacial score (nSPS) is 23.4. The zero-order valence-corrected chi connectivity index (χ0v) is 8.16. The van der Waals surface area contributed by atoms with Crippen LogP contribution in [0.4, 0.5) is 10.1 Å². The number of hydrogen-bond donors (Lipinski definition) is 1. The standard InChI is InChI=1S/C11H11FN2O/c12-8-2-1-7-3-9-5-13-11(15)6-14(9)10(7)4-8/h1-2,4,9H,3,5-6H2,(H,13,15). The number of fused-ring (bicyclic) bond motifs is 3. The van der Waals surface area contributed by atoms with E-state index in [-0.39, 0.29) is 11.7 Å². The van der Waals surface area contributed by atoms with Crippen molar-refractivity contribution in [1.29, 1.82) is 0 Å². The largest absolute Gasteiger partial charge is 0.357 e. The first-order valence-electron chi connectivity index (χ1n) is 5.06. The fourth-order valence-electron chi connectivity index (χ4n) is 2.38. The fraction of sp³-hybridized carbons (Fsp3) is 0.364. The quantitative estimate of drug-likeness (QED) is 0.677. The Labute approximate surface area is 86.9 Å². The summed E-state index contributed by atoms with van der Waals surface area (Å²) in [5.41, 5.74) is 2.02. The topological polar surface area (TPSA) is 32.3 Å². The smallest absolute Gasteiger partial charge is 0.239 e. The molecule has 0 aromatic heterocycles. The van der Waals surface area contributed by atoms with E-state index in [1.165, 1.54) is 12.1 Å². The van der Waals surface area contributed by atoms with Crippen molar-refractivity contribution in [2.24, 2.45) is 0 Å². The summed E-state index contributed by atoms with van der Waals surface area (Å²) in [7, 11) is 0. The van der Waals surface area contributed by atoms with Crippen molar-refractivity contribution in [2.45, 2.75) is 12.5 Å². The molecule has 0 bridgehead atoms. The Morgan fingerprint density at radius 1 is 1.47 bits per heavy atom. The summed E-state index contributed by atoms with van der Waals surface area (Å²) in [4.78, 5) is 13.3. The number of nitrogens with zero attached hydrogens (tertiary/aromatic N) is 1. The molecule has 2 aliphatic rings. The van der Waals surface area contributed by atoms with E-state index in [1.54, 1.807) is 0 Å². The van der Waals surface area contributed by atoms with Gasteiger partial charge in [-0.2, -0.15) is 0 Å². The van der Waals surface area contributed by atoms with E-state index in [4.69, 9.17) is 0 Å². The molecule has 15 heavy (non-hydrogen) atoms. The first kappa shape index (κ1) is 8.71. The van der Waals surface area contributed by atoms with E-state index < -0.39 is 0 Å². The summed E-state index contributed by atoms with van der Waals surface area (Å²) in [5, 5.41) is 2.83. The van der Waals surface area contributed by atoms with E-state index in [0.29, 0.717) is 19.1 Å². The van der Waals surface area contributed by atoms with Gasteiger partial charge in [0, 0.05) is 12.2 Å². The van der Waals surface area contributed by atoms with Crippen LogP contribution in [0.25, 0.3) is 0 Å². The third-order valence-corrected chi connectivity index (χ3v) is 3.10. The highest BCUT2D eigenvalue weighted by molar-refractivity contribution is 5.84. The highest BCUT2D eigenvalue weighted by atomic mass is 19.1. The molecule has 1 aromatic rings. The minimum absolute atomic E-state index is 0.0170. The van der Waals surface area contributed by atoms with Gasteiger partial charge in [-0.1, -0.05) is 6.07 Å². The molecule has 2 heterocycles. The Morgan fingerprint density at radius 3 is 3.20 bits per heavy atom. The minimum Gasteiger partial charge on any atom is -0.357 e. The van der Waals surface area contributed by atoms with Crippen molar-refractivity contribution < 1.29 is 9.18 Å². The van der Waals surface area contributed by atoms with Crippen LogP contribution in [-0.2, 0) is 11.2 Å². The Bertz CT molecular complexity index is 433. The molecule has 3 rings (SSSR count). The molecule has 0 aliphatic carbocycles. The number of rotatable bonds is 0. The zero-order valence-electron chi connectivity index (χ0n) is 8.16. The predicted molar refractivity (Wildman–Crippen MR) is 54.2 cm³/mol. The number of carbonyl (C=O) groups excluding carboxylic acids is 1. The molecule has 1 saturated heterocycles. The van der Waals surface area contributed by atoms with Crippen molar-refractivity contribution in [3.63, 3.8) is 0 Å². The minimum atomic E-state index is -0.236. The van der Waals surface area contributed by atoms with E-state index in [1.807, 2.05) is 11.0 Å². The highest BCUT2D eigenvalue weighted by Gasteiger charge is 2.33. The van der Waals surface area contributed by atoms with Crippen LogP contribution in [-0.4, -0.2) is 25.0 Å². The van der Waals surface area contributed by atoms with Crippen LogP contribution in [0.3, 0.4) is 0 Å². The number of halogens is 1. The third kappa shape index (κ3) is 1.28. The maximum absolute atomic E-state index is 13.1. The number of nitrogens with one attached hydrogen (secondary N) is 1. The number of amides is 1. The van der Waals surface area contributed by atoms with E-state index in [9.17, 15) is 9.18 Å². The van der Waals surface area contributed by atoms with Gasteiger partial charge in [-0.3, -0.25) is 4.79 Å². The van der Waals surface area contributed by atoms with Crippen molar-refractivity contribution in [3.05, 3.63) is 29.6 Å². The van der Waals surface area contributed by atoms with Gasteiger partial charge < -0.3 is 10.2 Å². The summed E-state index contributed by atoms with van der Waals surface area (Å²) < 4.78 is 13.1. The van der Waals surface area contributed by atoms with Crippen LogP contribution in [0.1, 0.15) is 5.56 Å². The Balaban J connectivity index is 2.02. The number of carbonyl (C=O) groups is 1. The van der Waals surface area contributed by atoms with Gasteiger partial charge in [-0.25, -0.2) is 4.39 Å². The molecule has 1 atom stereocenters. The molecule has 1 aromatic carbocycles. The average Bonchev–Trinajstić information content (AvgIpc) is 2.56. The molecule has 1 N–H and O–H groups in total. The SMILES string of the molecule is O=C1CN2c3cc(F)ccc3CC2CN1. The van der Waals surface area contributed by atoms with Gasteiger partial charge in [-0.05, 0) is 24.1 Å². The molecular formula is C11H11FN2O. The molecule has 0 saturated carbocycles. The van der Waals surface area contributed by atoms with Crippen LogP contribution in [0.2, 0.25) is 0 Å². The third-order valence-electron chi connectivity index (χ3n) is 3.10. The molecule has 3 nitrogen and oxygen atoms in total. The Kier molecular flexibility index (Phi) is 1.71. The van der Waals surface area contributed by atoms with Gasteiger partial charge in [0.15, 0.2) is 0 Å². The predicted octanol–water partition coefficient (Wildman–Crippen LogP) is 0.687. The van der Waals surface area contributed by atoms with Crippen LogP contribution in [0, 0.1) is 5.82 Å². The van der Waals surface area contributed by atoms with Crippen LogP contribution >= 0.6 is 0 Å². The number of anilines is 1. The number of piperazine rings is 1. The van der Waals surface area contributed by atoms with Crippen LogP contribution in [0.15, 0.2) is 18.2 Å². The van der Waals surface area contributed by atoms with Crippen molar-refractivity contribution >= 4 is 11.6 Å². The lowest BCUT2D eigenvalue weighted by molar-refractivity contribution is -0.120. The first-order valence-corrected chi connectivity index (χ1v) is 5.06. The van der Waals surface area contributed by atoms with Gasteiger partial charge >= 0.3 is 0 Å². The van der Waals surface area contributed by atoms with E-state index >= 15 is 0 Å². The second-order valence-electron chi connectivity index (χ2n) is 4.06. The van der Waals surface area contributed by atoms with E-state index in [2.05, 4.69) is 5.32 Å². The average molecular weight is 206 g/mol. The molecular weight excluding hydrogens is 195 g/mol. The molecule has 4 heteroatoms. The van der Waals surface area contributed by atoms with Gasteiger partial charge in [0.25, 0.3) is 0 Å². The Morgan fingerprint density at radius 2 is 2.33 bits per heavy atom. The molecule has 1 fully saturated rings. The molecule has 78 valence electrons. The second kappa shape index (κ2) is 2.95. The summed E-state index contributed by atoms with van der Waals surface area (Å²) >= 11 is 0. The van der Waals surface area contributed by atoms with Gasteiger partial charge in [0.1, 0.15) is 5.82 Å². The van der Waals surface area contributed by atoms with Gasteiger partial charge in [0.2, 0.25) is 5.91 Å². The number of hydrogen-bond acceptors (Lipinski definition) is 2. The summed E-state index contributed by atoms with van der Waals surface area (Å²) in [6.45, 7) is 1.01. The zero-order chi connectivity index (χ0) is 10.4. The second-order valence-corrected chi connectivity index (χ2v) is 4.06. The first-order chi connectivity index (χ1) is 7.24. The van der Waals surface area contributed by atoms with Crippen molar-refractivity contribution in [2.75, 3.05) is 18.0 Å². The van der Waals surface area contributed by atoms with Crippen LogP contribution in [0.5, 0.6) is 0 Å². The lowest BCUT2D eigenvalue weighted by Crippen LogP contribution is -2.52. The van der Waals surface area contributed by atoms with Crippen molar-refractivity contribution in [1.82, 2.24) is 5.32 Å². The van der Waals surface area contributed by atoms with Gasteiger partial charge in [0.05, 0.1) is 12.6 Å². The molecule has 1 amide bonds. The summed E-state index contributed by atoms with van der Waals surface area (Å²) in [5.74, 6) is -0.219. The van der Waals surface area contributed by atoms with Gasteiger partial charge in [-0.15, -0.1) is 0 Å². The number of benzene rings is 1. The van der Waals surface area contributed by atoms with Crippen LogP contribution < -0.4 is 10.2 Å². The monoisotopic (exact) mass is 206 g/mol. The Hall–Kier alpha value is -1.58. The summed E-state index contributed by atoms with van der Waals surface area (Å²) in [6, 6.07) is 5.12. The van der Waals surface area contributed by atoms with Crippen molar-refractivity contribution in [3.8, 4) is 0 Å². The maximum atomic E-state index is 13.1. The lowest BCUT2D eigenvalue weighted by Gasteiger charge is -2.31. The molecule has 0 radical (unpaired) electrons. The molecule has 0 spiro atoms. The lowest BCUT2D eigenvalue weighted by atomic mass is 10.1. The maximum Gasteiger partial charge on any atom is 0.239 e.